The first-order valence-electron chi connectivity index (χ1n) is 9.18. The molecule has 138 valence electrons. The molecule has 1 heterocycles. The third-order valence-electron chi connectivity index (χ3n) is 5.19. The zero-order valence-corrected chi connectivity index (χ0v) is 16.1. The monoisotopic (exact) mass is 345 g/mol. The summed E-state index contributed by atoms with van der Waals surface area (Å²) in [6.07, 6.45) is 3.29. The number of nitrogens with zero attached hydrogens (tertiary/aromatic N) is 2. The molecule has 1 saturated heterocycles. The minimum atomic E-state index is -0.313. The molecular weight excluding hydrogens is 314 g/mol. The van der Waals surface area contributed by atoms with E-state index < -0.39 is 0 Å². The van der Waals surface area contributed by atoms with Crippen molar-refractivity contribution >= 4 is 17.5 Å². The number of hydrogen-bond donors (Lipinski definition) is 1. The van der Waals surface area contributed by atoms with Gasteiger partial charge in [0.25, 0.3) is 0 Å². The lowest BCUT2D eigenvalue weighted by Gasteiger charge is -2.41. The van der Waals surface area contributed by atoms with Crippen molar-refractivity contribution in [3.63, 3.8) is 0 Å². The molecule has 2 amide bonds. The van der Waals surface area contributed by atoms with Gasteiger partial charge in [-0.2, -0.15) is 0 Å². The maximum atomic E-state index is 12.9. The number of amides is 2. The van der Waals surface area contributed by atoms with Gasteiger partial charge in [0.15, 0.2) is 0 Å². The van der Waals surface area contributed by atoms with Gasteiger partial charge in [-0.3, -0.25) is 14.5 Å². The summed E-state index contributed by atoms with van der Waals surface area (Å²) < 4.78 is 0. The first-order chi connectivity index (χ1) is 11.8. The number of hydrogen-bond acceptors (Lipinski definition) is 3. The minimum absolute atomic E-state index is 0.106. The van der Waals surface area contributed by atoms with Crippen molar-refractivity contribution in [1.82, 2.24) is 9.80 Å². The number of nitrogens with one attached hydrogen (secondary N) is 1. The summed E-state index contributed by atoms with van der Waals surface area (Å²) in [7, 11) is 1.83. The summed E-state index contributed by atoms with van der Waals surface area (Å²) in [6.45, 7) is 8.32. The van der Waals surface area contributed by atoms with Crippen molar-refractivity contribution in [2.24, 2.45) is 0 Å². The Bertz CT molecular complexity index is 589. The van der Waals surface area contributed by atoms with Crippen LogP contribution in [0.3, 0.4) is 0 Å². The van der Waals surface area contributed by atoms with E-state index in [-0.39, 0.29) is 36.5 Å². The fourth-order valence-electron chi connectivity index (χ4n) is 3.46. The molecule has 1 N–H and O–H groups in total. The number of carbonyl (C=O) groups excluding carboxylic acids is 2. The number of anilines is 1. The molecule has 5 nitrogen and oxygen atoms in total. The molecule has 1 aliphatic heterocycles. The Balaban J connectivity index is 1.92. The highest BCUT2D eigenvalue weighted by Crippen LogP contribution is 2.24. The zero-order chi connectivity index (χ0) is 18.6. The molecule has 0 bridgehead atoms. The van der Waals surface area contributed by atoms with E-state index in [9.17, 15) is 9.59 Å². The lowest BCUT2D eigenvalue weighted by molar-refractivity contribution is -0.142. The van der Waals surface area contributed by atoms with Gasteiger partial charge >= 0.3 is 0 Å². The van der Waals surface area contributed by atoms with Crippen LogP contribution in [-0.2, 0) is 9.59 Å². The smallest absolute Gasteiger partial charge is 0.240 e. The largest absolute Gasteiger partial charge is 0.336 e. The van der Waals surface area contributed by atoms with E-state index in [2.05, 4.69) is 19.2 Å². The van der Waals surface area contributed by atoms with Crippen LogP contribution in [0.15, 0.2) is 24.3 Å². The Morgan fingerprint density at radius 2 is 1.76 bits per heavy atom. The molecule has 25 heavy (non-hydrogen) atoms. The summed E-state index contributed by atoms with van der Waals surface area (Å²) in [5, 5.41) is 2.89. The molecule has 0 aromatic heterocycles. The van der Waals surface area contributed by atoms with E-state index in [1.165, 1.54) is 6.42 Å². The Labute approximate surface area is 151 Å². The molecule has 1 fully saturated rings. The van der Waals surface area contributed by atoms with Crippen LogP contribution in [0, 0.1) is 6.92 Å². The number of likely N-dealkylation sites (tertiary alicyclic amines) is 1. The van der Waals surface area contributed by atoms with E-state index in [1.807, 2.05) is 55.0 Å². The molecule has 0 aliphatic carbocycles. The molecule has 1 aromatic rings. The number of carbonyl (C=O) groups is 2. The topological polar surface area (TPSA) is 52.7 Å². The van der Waals surface area contributed by atoms with Gasteiger partial charge in [-0.25, -0.2) is 0 Å². The summed E-state index contributed by atoms with van der Waals surface area (Å²) in [5.74, 6) is 0.0103. The second kappa shape index (κ2) is 8.48. The fraction of sp³-hybridized carbons (Fsp3) is 0.600. The van der Waals surface area contributed by atoms with Gasteiger partial charge in [0.2, 0.25) is 11.8 Å². The standard InChI is InChI=1S/C20H31N3O2/c1-14-9-11-18(12-10-14)21-19(24)13-22(5)17(4)20(25)23-15(2)7-6-8-16(23)3/h9-12,15-17H,6-8,13H2,1-5H3,(H,21,24)/t15-,16+,17-/m1/s1. The van der Waals surface area contributed by atoms with E-state index >= 15 is 0 Å². The molecule has 0 saturated carbocycles. The normalized spacial score (nSPS) is 21.9. The molecule has 2 rings (SSSR count). The summed E-state index contributed by atoms with van der Waals surface area (Å²) in [5.41, 5.74) is 1.93. The Hall–Kier alpha value is -1.88. The van der Waals surface area contributed by atoms with Crippen LogP contribution in [0.25, 0.3) is 0 Å². The fourth-order valence-corrected chi connectivity index (χ4v) is 3.46. The number of piperidine rings is 1. The van der Waals surface area contributed by atoms with Crippen molar-refractivity contribution in [3.05, 3.63) is 29.8 Å². The third kappa shape index (κ3) is 5.05. The molecule has 0 spiro atoms. The van der Waals surface area contributed by atoms with Crippen molar-refractivity contribution in [2.45, 2.75) is 65.1 Å². The zero-order valence-electron chi connectivity index (χ0n) is 16.1. The number of likely N-dealkylation sites (N-methyl/N-ethyl adjacent to an activating group) is 1. The molecule has 0 unspecified atom stereocenters. The van der Waals surface area contributed by atoms with Crippen molar-refractivity contribution < 1.29 is 9.59 Å². The van der Waals surface area contributed by atoms with Crippen molar-refractivity contribution in [1.29, 1.82) is 0 Å². The average molecular weight is 345 g/mol. The predicted molar refractivity (Wildman–Crippen MR) is 102 cm³/mol. The third-order valence-corrected chi connectivity index (χ3v) is 5.19. The van der Waals surface area contributed by atoms with Crippen molar-refractivity contribution in [2.75, 3.05) is 18.9 Å². The average Bonchev–Trinajstić information content (AvgIpc) is 2.55. The quantitative estimate of drug-likeness (QED) is 0.892. The molecular formula is C20H31N3O2. The van der Waals surface area contributed by atoms with E-state index in [4.69, 9.17) is 0 Å². The van der Waals surface area contributed by atoms with Crippen LogP contribution < -0.4 is 5.32 Å². The number of benzene rings is 1. The van der Waals surface area contributed by atoms with E-state index in [0.29, 0.717) is 0 Å². The summed E-state index contributed by atoms with van der Waals surface area (Å²) >= 11 is 0. The van der Waals surface area contributed by atoms with Crippen LogP contribution in [0.2, 0.25) is 0 Å². The second-order valence-corrected chi connectivity index (χ2v) is 7.38. The number of rotatable bonds is 5. The first-order valence-corrected chi connectivity index (χ1v) is 9.18. The Morgan fingerprint density at radius 1 is 1.20 bits per heavy atom. The summed E-state index contributed by atoms with van der Waals surface area (Å²) in [4.78, 5) is 29.0. The lowest BCUT2D eigenvalue weighted by atomic mass is 9.96. The van der Waals surface area contributed by atoms with Gasteiger partial charge in [0.1, 0.15) is 0 Å². The van der Waals surface area contributed by atoms with Gasteiger partial charge in [0, 0.05) is 17.8 Å². The van der Waals surface area contributed by atoms with Crippen LogP contribution >= 0.6 is 0 Å². The van der Waals surface area contributed by atoms with Gasteiger partial charge < -0.3 is 10.2 Å². The first kappa shape index (κ1) is 19.4. The van der Waals surface area contributed by atoms with E-state index in [1.54, 1.807) is 0 Å². The maximum Gasteiger partial charge on any atom is 0.240 e. The van der Waals surface area contributed by atoms with Crippen LogP contribution in [0.4, 0.5) is 5.69 Å². The van der Waals surface area contributed by atoms with Crippen LogP contribution in [0.5, 0.6) is 0 Å². The van der Waals surface area contributed by atoms with Crippen LogP contribution in [-0.4, -0.2) is 53.3 Å². The van der Waals surface area contributed by atoms with Gasteiger partial charge in [-0.05, 0) is 66.1 Å². The molecule has 3 atom stereocenters. The summed E-state index contributed by atoms with van der Waals surface area (Å²) in [6, 6.07) is 7.93. The minimum Gasteiger partial charge on any atom is -0.336 e. The lowest BCUT2D eigenvalue weighted by Crippen LogP contribution is -2.54. The Morgan fingerprint density at radius 3 is 2.32 bits per heavy atom. The molecule has 1 aliphatic rings. The van der Waals surface area contributed by atoms with Gasteiger partial charge in [-0.1, -0.05) is 17.7 Å². The Kier molecular flexibility index (Phi) is 6.59. The maximum absolute atomic E-state index is 12.9. The molecule has 1 aromatic carbocycles. The van der Waals surface area contributed by atoms with Gasteiger partial charge in [-0.15, -0.1) is 0 Å². The second-order valence-electron chi connectivity index (χ2n) is 7.38. The highest BCUT2D eigenvalue weighted by atomic mass is 16.2. The predicted octanol–water partition coefficient (Wildman–Crippen LogP) is 3.04. The highest BCUT2D eigenvalue weighted by Gasteiger charge is 2.33. The SMILES string of the molecule is Cc1ccc(NC(=O)CN(C)[C@H](C)C(=O)N2[C@H](C)CCC[C@@H]2C)cc1. The van der Waals surface area contributed by atoms with Gasteiger partial charge in [0.05, 0.1) is 12.6 Å². The molecule has 0 radical (unpaired) electrons. The van der Waals surface area contributed by atoms with E-state index in [0.717, 1.165) is 24.1 Å². The van der Waals surface area contributed by atoms with Crippen LogP contribution in [0.1, 0.15) is 45.6 Å². The highest BCUT2D eigenvalue weighted by molar-refractivity contribution is 5.92. The van der Waals surface area contributed by atoms with Crippen molar-refractivity contribution in [3.8, 4) is 0 Å². The number of aryl methyl sites for hydroxylation is 1. The molecule has 5 heteroatoms.